The van der Waals surface area contributed by atoms with Crippen LogP contribution in [0.2, 0.25) is 5.02 Å². The van der Waals surface area contributed by atoms with Crippen LogP contribution in [-0.2, 0) is 10.5 Å². The Bertz CT molecular complexity index is 646. The van der Waals surface area contributed by atoms with Crippen molar-refractivity contribution in [1.29, 1.82) is 0 Å². The largest absolute Gasteiger partial charge is 0.481 e. The zero-order chi connectivity index (χ0) is 17.4. The number of hydrogen-bond acceptors (Lipinski definition) is 4. The van der Waals surface area contributed by atoms with E-state index in [-0.39, 0.29) is 5.91 Å². The topological polar surface area (TPSA) is 51.5 Å². The van der Waals surface area contributed by atoms with Gasteiger partial charge in [0.15, 0.2) is 6.10 Å². The fourth-order valence-electron chi connectivity index (χ4n) is 2.10. The molecule has 0 fully saturated rings. The van der Waals surface area contributed by atoms with E-state index >= 15 is 0 Å². The molecule has 1 aromatic heterocycles. The van der Waals surface area contributed by atoms with E-state index in [1.165, 1.54) is 0 Å². The number of furan rings is 1. The molecule has 1 heterocycles. The average Bonchev–Trinajstić information content (AvgIpc) is 3.08. The Morgan fingerprint density at radius 2 is 2.25 bits per heavy atom. The Morgan fingerprint density at radius 3 is 2.92 bits per heavy atom. The maximum Gasteiger partial charge on any atom is 0.261 e. The van der Waals surface area contributed by atoms with Gasteiger partial charge < -0.3 is 14.5 Å². The van der Waals surface area contributed by atoms with E-state index < -0.39 is 6.10 Å². The normalized spacial score (nSPS) is 12.0. The van der Waals surface area contributed by atoms with Crippen molar-refractivity contribution >= 4 is 29.3 Å². The van der Waals surface area contributed by atoms with E-state index in [4.69, 9.17) is 20.8 Å². The van der Waals surface area contributed by atoms with E-state index in [2.05, 4.69) is 5.32 Å². The number of amides is 1. The lowest BCUT2D eigenvalue weighted by Crippen LogP contribution is -2.39. The van der Waals surface area contributed by atoms with Crippen LogP contribution >= 0.6 is 23.4 Å². The molecular weight excluding hydrogens is 346 g/mol. The Kier molecular flexibility index (Phi) is 7.53. The van der Waals surface area contributed by atoms with Crippen LogP contribution in [0.5, 0.6) is 5.75 Å². The smallest absolute Gasteiger partial charge is 0.261 e. The molecule has 0 spiro atoms. The minimum atomic E-state index is -0.499. The van der Waals surface area contributed by atoms with Gasteiger partial charge >= 0.3 is 0 Å². The summed E-state index contributed by atoms with van der Waals surface area (Å²) in [4.78, 5) is 12.2. The third-order valence-corrected chi connectivity index (χ3v) is 4.85. The standard InChI is InChI=1S/C18H22ClNO3S/c1-3-17(23-14-6-7-16(19)13(2)11-14)18(21)20-8-10-24-12-15-5-4-9-22-15/h4-7,9,11,17H,3,8,10,12H2,1-2H3,(H,20,21)/t17-/m0/s1. The molecule has 1 atom stereocenters. The number of halogens is 1. The van der Waals surface area contributed by atoms with Crippen LogP contribution in [0, 0.1) is 6.92 Å². The predicted octanol–water partition coefficient (Wildman–Crippen LogP) is 4.45. The Hall–Kier alpha value is -1.59. The lowest BCUT2D eigenvalue weighted by molar-refractivity contribution is -0.127. The van der Waals surface area contributed by atoms with E-state index in [1.807, 2.05) is 32.0 Å². The van der Waals surface area contributed by atoms with Crippen LogP contribution < -0.4 is 10.1 Å². The fraction of sp³-hybridized carbons (Fsp3) is 0.389. The first-order chi connectivity index (χ1) is 11.6. The number of ether oxygens (including phenoxy) is 1. The molecule has 1 N–H and O–H groups in total. The van der Waals surface area contributed by atoms with E-state index in [0.29, 0.717) is 23.7 Å². The molecule has 0 saturated carbocycles. The number of rotatable bonds is 9. The summed E-state index contributed by atoms with van der Waals surface area (Å²) in [6.07, 6.45) is 1.77. The monoisotopic (exact) mass is 367 g/mol. The highest BCUT2D eigenvalue weighted by Gasteiger charge is 2.18. The fourth-order valence-corrected chi connectivity index (χ4v) is 2.98. The zero-order valence-electron chi connectivity index (χ0n) is 13.9. The molecule has 0 aliphatic rings. The van der Waals surface area contributed by atoms with Crippen molar-refractivity contribution in [3.63, 3.8) is 0 Å². The molecule has 0 unspecified atom stereocenters. The lowest BCUT2D eigenvalue weighted by atomic mass is 10.2. The minimum absolute atomic E-state index is 0.0938. The number of carbonyl (C=O) groups is 1. The highest BCUT2D eigenvalue weighted by molar-refractivity contribution is 7.98. The molecule has 1 amide bonds. The van der Waals surface area contributed by atoms with Gasteiger partial charge in [-0.15, -0.1) is 0 Å². The Balaban J connectivity index is 1.73. The lowest BCUT2D eigenvalue weighted by Gasteiger charge is -2.17. The molecule has 0 aliphatic heterocycles. The molecule has 1 aromatic carbocycles. The molecule has 24 heavy (non-hydrogen) atoms. The summed E-state index contributed by atoms with van der Waals surface area (Å²) < 4.78 is 11.0. The highest BCUT2D eigenvalue weighted by Crippen LogP contribution is 2.22. The third kappa shape index (κ3) is 5.80. The molecule has 0 bridgehead atoms. The first-order valence-electron chi connectivity index (χ1n) is 7.90. The van der Waals surface area contributed by atoms with Gasteiger partial charge in [0.1, 0.15) is 11.5 Å². The third-order valence-electron chi connectivity index (χ3n) is 3.44. The van der Waals surface area contributed by atoms with Crippen LogP contribution in [-0.4, -0.2) is 24.3 Å². The number of aryl methyl sites for hydroxylation is 1. The molecule has 4 nitrogen and oxygen atoms in total. The number of carbonyl (C=O) groups excluding carboxylic acids is 1. The Labute approximate surface area is 151 Å². The number of benzene rings is 1. The second-order valence-corrected chi connectivity index (χ2v) is 6.86. The maximum absolute atomic E-state index is 12.2. The maximum atomic E-state index is 12.2. The van der Waals surface area contributed by atoms with Gasteiger partial charge in [-0.1, -0.05) is 18.5 Å². The summed E-state index contributed by atoms with van der Waals surface area (Å²) in [5.41, 5.74) is 0.929. The van der Waals surface area contributed by atoms with Gasteiger partial charge in [-0.05, 0) is 49.2 Å². The van der Waals surface area contributed by atoms with Crippen molar-refractivity contribution in [2.45, 2.75) is 32.1 Å². The molecule has 0 saturated heterocycles. The van der Waals surface area contributed by atoms with Gasteiger partial charge in [-0.25, -0.2) is 0 Å². The van der Waals surface area contributed by atoms with Crippen molar-refractivity contribution < 1.29 is 13.9 Å². The van der Waals surface area contributed by atoms with Crippen molar-refractivity contribution in [1.82, 2.24) is 5.32 Å². The van der Waals surface area contributed by atoms with E-state index in [9.17, 15) is 4.79 Å². The van der Waals surface area contributed by atoms with Crippen molar-refractivity contribution in [3.05, 3.63) is 52.9 Å². The summed E-state index contributed by atoms with van der Waals surface area (Å²) in [6, 6.07) is 9.23. The summed E-state index contributed by atoms with van der Waals surface area (Å²) in [5.74, 6) is 3.14. The van der Waals surface area contributed by atoms with Crippen LogP contribution in [0.15, 0.2) is 41.0 Å². The van der Waals surface area contributed by atoms with Gasteiger partial charge in [-0.3, -0.25) is 4.79 Å². The molecule has 130 valence electrons. The number of hydrogen-bond donors (Lipinski definition) is 1. The van der Waals surface area contributed by atoms with E-state index in [0.717, 1.165) is 22.8 Å². The predicted molar refractivity (Wildman–Crippen MR) is 98.8 cm³/mol. The quantitative estimate of drug-likeness (QED) is 0.665. The van der Waals surface area contributed by atoms with Gasteiger partial charge in [0.25, 0.3) is 5.91 Å². The van der Waals surface area contributed by atoms with Crippen LogP contribution in [0.1, 0.15) is 24.7 Å². The minimum Gasteiger partial charge on any atom is -0.481 e. The van der Waals surface area contributed by atoms with Gasteiger partial charge in [0.2, 0.25) is 0 Å². The van der Waals surface area contributed by atoms with Gasteiger partial charge in [0, 0.05) is 17.3 Å². The SMILES string of the molecule is CC[C@H](Oc1ccc(Cl)c(C)c1)C(=O)NCCSCc1ccco1. The van der Waals surface area contributed by atoms with Gasteiger partial charge in [0.05, 0.1) is 12.0 Å². The molecular formula is C18H22ClNO3S. The van der Waals surface area contributed by atoms with Crippen LogP contribution in [0.4, 0.5) is 0 Å². The second kappa shape index (κ2) is 9.64. The van der Waals surface area contributed by atoms with Crippen molar-refractivity contribution in [2.24, 2.45) is 0 Å². The number of nitrogens with one attached hydrogen (secondary N) is 1. The first-order valence-corrected chi connectivity index (χ1v) is 9.44. The summed E-state index contributed by atoms with van der Waals surface area (Å²) in [6.45, 7) is 4.44. The zero-order valence-corrected chi connectivity index (χ0v) is 15.5. The summed E-state index contributed by atoms with van der Waals surface area (Å²) in [7, 11) is 0. The highest BCUT2D eigenvalue weighted by atomic mass is 35.5. The van der Waals surface area contributed by atoms with Crippen LogP contribution in [0.25, 0.3) is 0 Å². The number of thioether (sulfide) groups is 1. The van der Waals surface area contributed by atoms with Crippen molar-refractivity contribution in [3.8, 4) is 5.75 Å². The molecule has 6 heteroatoms. The molecule has 0 aliphatic carbocycles. The molecule has 2 rings (SSSR count). The molecule has 2 aromatic rings. The van der Waals surface area contributed by atoms with Gasteiger partial charge in [-0.2, -0.15) is 11.8 Å². The average molecular weight is 368 g/mol. The van der Waals surface area contributed by atoms with Crippen LogP contribution in [0.3, 0.4) is 0 Å². The summed E-state index contributed by atoms with van der Waals surface area (Å²) >= 11 is 7.72. The summed E-state index contributed by atoms with van der Waals surface area (Å²) in [5, 5.41) is 3.61. The Morgan fingerprint density at radius 1 is 1.42 bits per heavy atom. The first kappa shape index (κ1) is 18.7. The van der Waals surface area contributed by atoms with Crippen molar-refractivity contribution in [2.75, 3.05) is 12.3 Å². The second-order valence-electron chi connectivity index (χ2n) is 5.35. The van der Waals surface area contributed by atoms with E-state index in [1.54, 1.807) is 30.2 Å². The molecule has 0 radical (unpaired) electrons.